The molecule has 0 fully saturated rings. The average Bonchev–Trinajstić information content (AvgIpc) is 3.27. The summed E-state index contributed by atoms with van der Waals surface area (Å²) in [6, 6.07) is 19.9. The molecule has 4 rings (SSSR count). The van der Waals surface area contributed by atoms with Crippen LogP contribution in [0.5, 0.6) is 0 Å². The lowest BCUT2D eigenvalue weighted by molar-refractivity contribution is -0.126. The monoisotopic (exact) mass is 498 g/mol. The van der Waals surface area contributed by atoms with Crippen LogP contribution < -0.4 is 9.21 Å². The number of para-hydroxylation sites is 2. The molecule has 1 atom stereocenters. The maximum atomic E-state index is 13.2. The fourth-order valence-corrected chi connectivity index (χ4v) is 5.51. The van der Waals surface area contributed by atoms with Gasteiger partial charge in [-0.05, 0) is 55.3 Å². The first-order valence-electron chi connectivity index (χ1n) is 10.6. The van der Waals surface area contributed by atoms with Crippen molar-refractivity contribution in [1.82, 2.24) is 0 Å². The van der Waals surface area contributed by atoms with Crippen molar-refractivity contribution >= 4 is 44.9 Å². The van der Waals surface area contributed by atoms with Gasteiger partial charge in [0.25, 0.3) is 15.9 Å². The van der Waals surface area contributed by atoms with Gasteiger partial charge in [0.05, 0.1) is 16.3 Å². The number of carbonyl (C=O) groups excluding carboxylic acids is 2. The molecule has 1 aliphatic heterocycles. The van der Waals surface area contributed by atoms with Crippen LogP contribution in [-0.2, 0) is 26.0 Å². The molecule has 3 aromatic rings. The number of rotatable bonds is 6. The Morgan fingerprint density at radius 2 is 1.71 bits per heavy atom. The van der Waals surface area contributed by atoms with Crippen LogP contribution in [0.25, 0.3) is 0 Å². The molecular formula is C25H23ClN2O5S. The van der Waals surface area contributed by atoms with Gasteiger partial charge in [0, 0.05) is 19.3 Å². The molecule has 0 radical (unpaired) electrons. The van der Waals surface area contributed by atoms with E-state index in [1.807, 2.05) is 24.3 Å². The van der Waals surface area contributed by atoms with Gasteiger partial charge in [0.15, 0.2) is 6.10 Å². The van der Waals surface area contributed by atoms with Crippen LogP contribution in [-0.4, -0.2) is 40.0 Å². The molecule has 0 spiro atoms. The first-order valence-corrected chi connectivity index (χ1v) is 12.5. The lowest BCUT2D eigenvalue weighted by atomic mass is 10.2. The van der Waals surface area contributed by atoms with Gasteiger partial charge in [-0.15, -0.1) is 0 Å². The van der Waals surface area contributed by atoms with Crippen LogP contribution in [0.15, 0.2) is 77.7 Å². The van der Waals surface area contributed by atoms with Gasteiger partial charge in [0.1, 0.15) is 4.90 Å². The Morgan fingerprint density at radius 3 is 2.44 bits per heavy atom. The molecule has 0 N–H and O–H groups in total. The van der Waals surface area contributed by atoms with Crippen molar-refractivity contribution in [3.05, 3.63) is 88.9 Å². The van der Waals surface area contributed by atoms with E-state index in [1.54, 1.807) is 35.2 Å². The Balaban J connectivity index is 1.53. The van der Waals surface area contributed by atoms with E-state index in [2.05, 4.69) is 0 Å². The van der Waals surface area contributed by atoms with Gasteiger partial charge in [-0.1, -0.05) is 48.0 Å². The first-order chi connectivity index (χ1) is 16.2. The molecule has 0 saturated carbocycles. The standard InChI is InChI=1S/C25H23ClN2O5S/c1-17(24(29)28-15-14-18-8-6-7-11-22(18)28)33-25(30)19-12-13-21(26)23(16-19)34(31,32)27(2)20-9-4-3-5-10-20/h3-13,16-17H,14-15H2,1-2H3/t17-/m1/s1. The Kier molecular flexibility index (Phi) is 6.63. The number of esters is 1. The van der Waals surface area contributed by atoms with Gasteiger partial charge in [-0.2, -0.15) is 0 Å². The van der Waals surface area contributed by atoms with E-state index in [0.717, 1.165) is 22.0 Å². The fraction of sp³-hybridized carbons (Fsp3) is 0.200. The largest absolute Gasteiger partial charge is 0.449 e. The summed E-state index contributed by atoms with van der Waals surface area (Å²) >= 11 is 6.19. The molecule has 0 bridgehead atoms. The number of hydrogen-bond donors (Lipinski definition) is 0. The van der Waals surface area contributed by atoms with Crippen LogP contribution in [0.4, 0.5) is 11.4 Å². The highest BCUT2D eigenvalue weighted by molar-refractivity contribution is 7.93. The maximum absolute atomic E-state index is 13.2. The molecule has 3 aromatic carbocycles. The zero-order valence-corrected chi connectivity index (χ0v) is 20.2. The highest BCUT2D eigenvalue weighted by Gasteiger charge is 2.31. The molecule has 34 heavy (non-hydrogen) atoms. The third kappa shape index (κ3) is 4.51. The Bertz CT molecular complexity index is 1340. The number of carbonyl (C=O) groups is 2. The van der Waals surface area contributed by atoms with E-state index in [0.29, 0.717) is 12.2 Å². The average molecular weight is 499 g/mol. The summed E-state index contributed by atoms with van der Waals surface area (Å²) in [4.78, 5) is 27.1. The van der Waals surface area contributed by atoms with E-state index in [9.17, 15) is 18.0 Å². The summed E-state index contributed by atoms with van der Waals surface area (Å²) in [5.74, 6) is -1.16. The molecule has 1 heterocycles. The molecule has 176 valence electrons. The van der Waals surface area contributed by atoms with E-state index >= 15 is 0 Å². The fourth-order valence-electron chi connectivity index (χ4n) is 3.82. The molecular weight excluding hydrogens is 476 g/mol. The lowest BCUT2D eigenvalue weighted by Crippen LogP contribution is -2.39. The third-order valence-corrected chi connectivity index (χ3v) is 7.98. The van der Waals surface area contributed by atoms with Crippen molar-refractivity contribution in [2.45, 2.75) is 24.3 Å². The molecule has 1 aliphatic rings. The van der Waals surface area contributed by atoms with Gasteiger partial charge in [-0.25, -0.2) is 13.2 Å². The highest BCUT2D eigenvalue weighted by atomic mass is 35.5. The quantitative estimate of drug-likeness (QED) is 0.473. The minimum atomic E-state index is -4.05. The van der Waals surface area contributed by atoms with Crippen LogP contribution >= 0.6 is 11.6 Å². The van der Waals surface area contributed by atoms with Crippen molar-refractivity contribution in [3.8, 4) is 0 Å². The van der Waals surface area contributed by atoms with Crippen LogP contribution in [0.1, 0.15) is 22.8 Å². The number of ether oxygens (including phenoxy) is 1. The number of anilines is 2. The number of fused-ring (bicyclic) bond motifs is 1. The van der Waals surface area contributed by atoms with Crippen molar-refractivity contribution < 1.29 is 22.7 Å². The van der Waals surface area contributed by atoms with Gasteiger partial charge in [-0.3, -0.25) is 9.10 Å². The Hall–Kier alpha value is -3.36. The summed E-state index contributed by atoms with van der Waals surface area (Å²) < 4.78 is 32.8. The minimum Gasteiger partial charge on any atom is -0.449 e. The molecule has 7 nitrogen and oxygen atoms in total. The first kappa shape index (κ1) is 23.8. The van der Waals surface area contributed by atoms with Crippen molar-refractivity contribution in [1.29, 1.82) is 0 Å². The van der Waals surface area contributed by atoms with Crippen molar-refractivity contribution in [2.75, 3.05) is 22.8 Å². The summed E-state index contributed by atoms with van der Waals surface area (Å²) in [5, 5.41) is -0.0304. The van der Waals surface area contributed by atoms with Gasteiger partial charge in [0.2, 0.25) is 0 Å². The second-order valence-corrected chi connectivity index (χ2v) is 10.2. The highest BCUT2D eigenvalue weighted by Crippen LogP contribution is 2.30. The summed E-state index contributed by atoms with van der Waals surface area (Å²) in [5.41, 5.74) is 2.28. The second kappa shape index (κ2) is 9.48. The van der Waals surface area contributed by atoms with Gasteiger partial charge < -0.3 is 9.64 Å². The molecule has 0 saturated heterocycles. The van der Waals surface area contributed by atoms with Crippen molar-refractivity contribution in [3.63, 3.8) is 0 Å². The molecule has 0 unspecified atom stereocenters. The Labute approximate surface area is 203 Å². The van der Waals surface area contributed by atoms with E-state index in [-0.39, 0.29) is 21.4 Å². The SMILES string of the molecule is C[C@@H](OC(=O)c1ccc(Cl)c(S(=O)(=O)N(C)c2ccccc2)c1)C(=O)N1CCc2ccccc21. The van der Waals surface area contributed by atoms with Crippen LogP contribution in [0.3, 0.4) is 0 Å². The summed E-state index contributed by atoms with van der Waals surface area (Å²) in [6.45, 7) is 2.01. The second-order valence-electron chi connectivity index (χ2n) is 7.87. The predicted molar refractivity (Wildman–Crippen MR) is 131 cm³/mol. The third-order valence-electron chi connectivity index (χ3n) is 5.71. The maximum Gasteiger partial charge on any atom is 0.338 e. The summed E-state index contributed by atoms with van der Waals surface area (Å²) in [7, 11) is -2.65. The molecule has 1 amide bonds. The molecule has 0 aromatic heterocycles. The van der Waals surface area contributed by atoms with Gasteiger partial charge >= 0.3 is 5.97 Å². The lowest BCUT2D eigenvalue weighted by Gasteiger charge is -2.22. The predicted octanol–water partition coefficient (Wildman–Crippen LogP) is 4.30. The molecule has 9 heteroatoms. The smallest absolute Gasteiger partial charge is 0.338 e. The normalized spacial score (nSPS) is 13.8. The topological polar surface area (TPSA) is 84.0 Å². The number of sulfonamides is 1. The number of benzene rings is 3. The number of hydrogen-bond acceptors (Lipinski definition) is 5. The van der Waals surface area contributed by atoms with E-state index < -0.39 is 22.1 Å². The molecule has 0 aliphatic carbocycles. The van der Waals surface area contributed by atoms with E-state index in [4.69, 9.17) is 16.3 Å². The minimum absolute atomic E-state index is 0.0223. The number of nitrogens with zero attached hydrogens (tertiary/aromatic N) is 2. The van der Waals surface area contributed by atoms with Crippen molar-refractivity contribution in [2.24, 2.45) is 0 Å². The van der Waals surface area contributed by atoms with Crippen LogP contribution in [0.2, 0.25) is 5.02 Å². The zero-order chi connectivity index (χ0) is 24.5. The van der Waals surface area contributed by atoms with E-state index in [1.165, 1.54) is 32.2 Å². The van der Waals surface area contributed by atoms with Crippen LogP contribution in [0, 0.1) is 0 Å². The Morgan fingerprint density at radius 1 is 1.03 bits per heavy atom. The summed E-state index contributed by atoms with van der Waals surface area (Å²) in [6.07, 6.45) is -0.322. The number of amides is 1. The number of halogens is 1. The zero-order valence-electron chi connectivity index (χ0n) is 18.6.